The third-order valence-corrected chi connectivity index (χ3v) is 1.32. The van der Waals surface area contributed by atoms with Crippen LogP contribution >= 0.6 is 0 Å². The van der Waals surface area contributed by atoms with E-state index in [4.69, 9.17) is 11.7 Å². The van der Waals surface area contributed by atoms with E-state index in [1.165, 1.54) is 12.4 Å². The molecule has 8 heteroatoms. The average Bonchev–Trinajstić information content (AvgIpc) is 2.27. The van der Waals surface area contributed by atoms with Crippen LogP contribution in [0.4, 0.5) is 10.7 Å². The van der Waals surface area contributed by atoms with Crippen molar-refractivity contribution in [3.8, 4) is 0 Å². The molecule has 2 amide bonds. The predicted octanol–water partition coefficient (Wildman–Crippen LogP) is -1.22. The van der Waals surface area contributed by atoms with Gasteiger partial charge in [-0.3, -0.25) is 5.43 Å². The minimum Gasteiger partial charge on any atom is -0.274 e. The van der Waals surface area contributed by atoms with E-state index in [0.717, 1.165) is 0 Å². The molecule has 0 radical (unpaired) electrons. The number of nitrogens with zero attached hydrogens (tertiary/aromatic N) is 4. The summed E-state index contributed by atoms with van der Waals surface area (Å²) >= 11 is 0. The molecule has 0 saturated carbocycles. The summed E-state index contributed by atoms with van der Waals surface area (Å²) in [6.07, 6.45) is 2.61. The topological polar surface area (TPSA) is 123 Å². The highest BCUT2D eigenvalue weighted by atomic mass is 16.2. The van der Waals surface area contributed by atoms with E-state index < -0.39 is 6.03 Å². The number of rotatable bonds is 2. The summed E-state index contributed by atoms with van der Waals surface area (Å²) in [5.41, 5.74) is 1.84. The molecule has 1 aromatic rings. The van der Waals surface area contributed by atoms with Crippen molar-refractivity contribution in [2.75, 3.05) is 5.01 Å². The second kappa shape index (κ2) is 4.25. The summed E-state index contributed by atoms with van der Waals surface area (Å²) < 4.78 is 0. The van der Waals surface area contributed by atoms with Crippen molar-refractivity contribution in [3.63, 3.8) is 0 Å². The molecule has 0 saturated heterocycles. The monoisotopic (exact) mass is 195 g/mol. The fourth-order valence-electron chi connectivity index (χ4n) is 0.675. The number of carbonyl (C=O) groups is 1. The van der Waals surface area contributed by atoms with Gasteiger partial charge in [0.2, 0.25) is 0 Å². The van der Waals surface area contributed by atoms with Crippen molar-refractivity contribution in [2.45, 2.75) is 0 Å². The van der Waals surface area contributed by atoms with Crippen LogP contribution in [0.5, 0.6) is 0 Å². The van der Waals surface area contributed by atoms with Gasteiger partial charge < -0.3 is 0 Å². The van der Waals surface area contributed by atoms with E-state index >= 15 is 0 Å². The normalized spacial score (nSPS) is 9.29. The molecule has 0 aliphatic carbocycles. The lowest BCUT2D eigenvalue weighted by Crippen LogP contribution is -2.48. The second-order valence-corrected chi connectivity index (χ2v) is 2.17. The Labute approximate surface area is 79.6 Å². The molecule has 0 spiro atoms. The van der Waals surface area contributed by atoms with Gasteiger partial charge >= 0.3 is 6.03 Å². The molecular weight excluding hydrogens is 186 g/mol. The number of carbonyl (C=O) groups excluding carboxylic acids is 1. The minimum absolute atomic E-state index is 0.0159. The molecule has 0 aromatic carbocycles. The molecule has 5 N–H and O–H groups in total. The van der Waals surface area contributed by atoms with Crippen LogP contribution in [0.2, 0.25) is 0 Å². The van der Waals surface area contributed by atoms with Gasteiger partial charge in [-0.2, -0.15) is 15.0 Å². The smallest absolute Gasteiger partial charge is 0.274 e. The third kappa shape index (κ3) is 2.00. The van der Waals surface area contributed by atoms with Gasteiger partial charge in [-0.05, 0) is 6.08 Å². The van der Waals surface area contributed by atoms with Gasteiger partial charge in [0, 0.05) is 0 Å². The van der Waals surface area contributed by atoms with Crippen molar-refractivity contribution in [3.05, 3.63) is 18.7 Å². The third-order valence-electron chi connectivity index (χ3n) is 1.32. The fourth-order valence-corrected chi connectivity index (χ4v) is 0.675. The van der Waals surface area contributed by atoms with Crippen LogP contribution in [0, 0.1) is 0 Å². The summed E-state index contributed by atoms with van der Waals surface area (Å²) in [6.45, 7) is 3.46. The molecule has 0 aliphatic rings. The molecule has 0 fully saturated rings. The Hall–Kier alpha value is -2.06. The Morgan fingerprint density at radius 3 is 2.93 bits per heavy atom. The van der Waals surface area contributed by atoms with Crippen LogP contribution in [-0.2, 0) is 0 Å². The van der Waals surface area contributed by atoms with Crippen molar-refractivity contribution in [1.82, 2.24) is 20.4 Å². The van der Waals surface area contributed by atoms with Crippen LogP contribution in [-0.4, -0.2) is 21.0 Å². The highest BCUT2D eigenvalue weighted by molar-refractivity contribution is 5.88. The van der Waals surface area contributed by atoms with E-state index in [1.807, 2.05) is 5.43 Å². The first-order valence-corrected chi connectivity index (χ1v) is 3.56. The van der Waals surface area contributed by atoms with Gasteiger partial charge in [-0.15, -0.1) is 0 Å². The zero-order valence-electron chi connectivity index (χ0n) is 7.21. The molecule has 1 aromatic heterocycles. The minimum atomic E-state index is -0.730. The Kier molecular flexibility index (Phi) is 3.05. The van der Waals surface area contributed by atoms with Crippen molar-refractivity contribution in [2.24, 2.45) is 11.7 Å². The van der Waals surface area contributed by atoms with Gasteiger partial charge in [-0.1, -0.05) is 6.58 Å². The maximum absolute atomic E-state index is 11.0. The quantitative estimate of drug-likeness (QED) is 0.308. The van der Waals surface area contributed by atoms with E-state index in [9.17, 15) is 4.79 Å². The maximum Gasteiger partial charge on any atom is 0.353 e. The highest BCUT2D eigenvalue weighted by Gasteiger charge is 2.12. The van der Waals surface area contributed by atoms with Gasteiger partial charge in [0.15, 0.2) is 5.82 Å². The second-order valence-electron chi connectivity index (χ2n) is 2.17. The zero-order valence-corrected chi connectivity index (χ0v) is 7.21. The number of hydrazine groups is 2. The average molecular weight is 195 g/mol. The van der Waals surface area contributed by atoms with Crippen LogP contribution < -0.4 is 22.1 Å². The number of aromatic nitrogens is 3. The van der Waals surface area contributed by atoms with E-state index in [-0.39, 0.29) is 5.95 Å². The van der Waals surface area contributed by atoms with Crippen LogP contribution in [0.3, 0.4) is 0 Å². The Bertz CT molecular complexity index is 352. The van der Waals surface area contributed by atoms with Crippen molar-refractivity contribution < 1.29 is 4.79 Å². The summed E-state index contributed by atoms with van der Waals surface area (Å²) in [4.78, 5) is 22.2. The highest BCUT2D eigenvalue weighted by Crippen LogP contribution is 2.01. The largest absolute Gasteiger partial charge is 0.353 e. The number of anilines is 1. The lowest BCUT2D eigenvalue weighted by Gasteiger charge is -2.12. The van der Waals surface area contributed by atoms with E-state index in [2.05, 4.69) is 21.5 Å². The molecule has 0 aliphatic heterocycles. The van der Waals surface area contributed by atoms with Gasteiger partial charge in [0.25, 0.3) is 5.95 Å². The first-order valence-electron chi connectivity index (χ1n) is 3.56. The summed E-state index contributed by atoms with van der Waals surface area (Å²) in [6, 6.07) is -0.730. The standard InChI is InChI=1S/C6H9N7O/c1-2-4-9-3-10-5(11-4)13(8)6(14)12-7/h2-3H,1,7-8H2,(H,12,14). The zero-order chi connectivity index (χ0) is 10.6. The lowest BCUT2D eigenvalue weighted by atomic mass is 10.6. The number of hydrogen-bond donors (Lipinski definition) is 3. The van der Waals surface area contributed by atoms with Crippen molar-refractivity contribution in [1.29, 1.82) is 0 Å². The molecule has 0 unspecified atom stereocenters. The summed E-state index contributed by atoms with van der Waals surface area (Å²) in [7, 11) is 0. The van der Waals surface area contributed by atoms with E-state index in [0.29, 0.717) is 10.8 Å². The lowest BCUT2D eigenvalue weighted by molar-refractivity contribution is 0.246. The van der Waals surface area contributed by atoms with Crippen LogP contribution in [0.25, 0.3) is 6.08 Å². The maximum atomic E-state index is 11.0. The molecule has 8 nitrogen and oxygen atoms in total. The predicted molar refractivity (Wildman–Crippen MR) is 49.3 cm³/mol. The molecule has 14 heavy (non-hydrogen) atoms. The number of urea groups is 1. The van der Waals surface area contributed by atoms with Gasteiger partial charge in [0.1, 0.15) is 6.33 Å². The Morgan fingerprint density at radius 2 is 2.36 bits per heavy atom. The Morgan fingerprint density at radius 1 is 1.64 bits per heavy atom. The van der Waals surface area contributed by atoms with Gasteiger partial charge in [-0.25, -0.2) is 21.5 Å². The summed E-state index contributed by atoms with van der Waals surface area (Å²) in [5, 5.41) is 0.661. The summed E-state index contributed by atoms with van der Waals surface area (Å²) in [5.74, 6) is 10.5. The molecular formula is C6H9N7O. The number of nitrogens with one attached hydrogen (secondary N) is 1. The molecule has 1 rings (SSSR count). The first kappa shape index (κ1) is 10.0. The molecule has 0 atom stereocenters. The van der Waals surface area contributed by atoms with Crippen LogP contribution in [0.15, 0.2) is 12.9 Å². The van der Waals surface area contributed by atoms with Gasteiger partial charge in [0.05, 0.1) is 0 Å². The fraction of sp³-hybridized carbons (Fsp3) is 0. The molecule has 74 valence electrons. The molecule has 1 heterocycles. The first-order chi connectivity index (χ1) is 6.69. The Balaban J connectivity index is 2.94. The van der Waals surface area contributed by atoms with Crippen molar-refractivity contribution >= 4 is 18.1 Å². The molecule has 0 bridgehead atoms. The SMILES string of the molecule is C=Cc1ncnc(N(N)C(=O)NN)n1. The van der Waals surface area contributed by atoms with E-state index in [1.54, 1.807) is 0 Å². The number of amides is 2. The number of hydrogen-bond acceptors (Lipinski definition) is 6. The number of nitrogens with two attached hydrogens (primary N) is 2. The van der Waals surface area contributed by atoms with Crippen LogP contribution in [0.1, 0.15) is 5.82 Å².